The molecule has 0 spiro atoms. The van der Waals surface area contributed by atoms with E-state index < -0.39 is 11.6 Å². The van der Waals surface area contributed by atoms with Crippen molar-refractivity contribution < 1.29 is 8.78 Å². The fourth-order valence-corrected chi connectivity index (χ4v) is 2.48. The minimum Gasteiger partial charge on any atom is -0.309 e. The lowest BCUT2D eigenvalue weighted by atomic mass is 9.95. The van der Waals surface area contributed by atoms with Gasteiger partial charge in [-0.2, -0.15) is 0 Å². The highest BCUT2D eigenvalue weighted by Crippen LogP contribution is 2.18. The molecule has 1 fully saturated rings. The van der Waals surface area contributed by atoms with Gasteiger partial charge in [-0.3, -0.25) is 4.90 Å². The summed E-state index contributed by atoms with van der Waals surface area (Å²) in [4.78, 5) is 2.24. The third kappa shape index (κ3) is 3.27. The Labute approximate surface area is 107 Å². The Morgan fingerprint density at radius 1 is 1.28 bits per heavy atom. The smallest absolute Gasteiger partial charge is 0.126 e. The van der Waals surface area contributed by atoms with Gasteiger partial charge in [0.2, 0.25) is 0 Å². The van der Waals surface area contributed by atoms with Gasteiger partial charge in [-0.25, -0.2) is 8.78 Å². The van der Waals surface area contributed by atoms with Crippen LogP contribution in [0.5, 0.6) is 0 Å². The van der Waals surface area contributed by atoms with Crippen LogP contribution in [0.2, 0.25) is 0 Å². The molecule has 1 heterocycles. The summed E-state index contributed by atoms with van der Waals surface area (Å²) in [5.41, 5.74) is 0.803. The third-order valence-electron chi connectivity index (χ3n) is 3.66. The minimum absolute atomic E-state index is 0.101. The van der Waals surface area contributed by atoms with Crippen molar-refractivity contribution in [3.05, 3.63) is 35.4 Å². The summed E-state index contributed by atoms with van der Waals surface area (Å²) >= 11 is 0. The number of hydrogen-bond donors (Lipinski definition) is 1. The SMILES string of the molecule is CCC1(C)CN(Cc2cc(F)cc(F)c2)CCN1. The van der Waals surface area contributed by atoms with E-state index in [-0.39, 0.29) is 5.54 Å². The highest BCUT2D eigenvalue weighted by atomic mass is 19.1. The first-order chi connectivity index (χ1) is 8.50. The van der Waals surface area contributed by atoms with Crippen LogP contribution in [-0.2, 0) is 6.54 Å². The molecule has 18 heavy (non-hydrogen) atoms. The van der Waals surface area contributed by atoms with Gasteiger partial charge in [0.1, 0.15) is 11.6 Å². The minimum atomic E-state index is -0.501. The molecule has 1 aromatic rings. The third-order valence-corrected chi connectivity index (χ3v) is 3.66. The predicted octanol–water partition coefficient (Wildman–Crippen LogP) is 2.54. The molecule has 1 aliphatic heterocycles. The Morgan fingerprint density at radius 2 is 1.94 bits per heavy atom. The van der Waals surface area contributed by atoms with E-state index >= 15 is 0 Å². The van der Waals surface area contributed by atoms with Crippen molar-refractivity contribution in [1.29, 1.82) is 0 Å². The van der Waals surface area contributed by atoms with Gasteiger partial charge in [-0.05, 0) is 31.0 Å². The summed E-state index contributed by atoms with van der Waals surface area (Å²) in [6, 6.07) is 3.74. The van der Waals surface area contributed by atoms with Gasteiger partial charge >= 0.3 is 0 Å². The zero-order valence-corrected chi connectivity index (χ0v) is 11.0. The molecule has 0 aliphatic carbocycles. The summed E-state index contributed by atoms with van der Waals surface area (Å²) < 4.78 is 26.3. The fraction of sp³-hybridized carbons (Fsp3) is 0.571. The van der Waals surface area contributed by atoms with E-state index in [9.17, 15) is 8.78 Å². The molecule has 0 saturated carbocycles. The van der Waals surface area contributed by atoms with Crippen LogP contribution in [0.15, 0.2) is 18.2 Å². The molecule has 1 aromatic carbocycles. The van der Waals surface area contributed by atoms with Crippen molar-refractivity contribution in [2.45, 2.75) is 32.4 Å². The van der Waals surface area contributed by atoms with E-state index in [0.29, 0.717) is 12.1 Å². The summed E-state index contributed by atoms with van der Waals surface area (Å²) in [6.45, 7) is 7.67. The van der Waals surface area contributed by atoms with Crippen molar-refractivity contribution in [2.24, 2.45) is 0 Å². The van der Waals surface area contributed by atoms with Crippen LogP contribution in [-0.4, -0.2) is 30.1 Å². The number of benzene rings is 1. The Morgan fingerprint density at radius 3 is 2.56 bits per heavy atom. The monoisotopic (exact) mass is 254 g/mol. The topological polar surface area (TPSA) is 15.3 Å². The molecule has 1 aliphatic rings. The Balaban J connectivity index is 2.04. The van der Waals surface area contributed by atoms with Crippen LogP contribution < -0.4 is 5.32 Å². The zero-order chi connectivity index (χ0) is 13.2. The lowest BCUT2D eigenvalue weighted by Gasteiger charge is -2.41. The van der Waals surface area contributed by atoms with Gasteiger partial charge in [0.05, 0.1) is 0 Å². The summed E-state index contributed by atoms with van der Waals surface area (Å²) in [6.07, 6.45) is 1.04. The van der Waals surface area contributed by atoms with Crippen molar-refractivity contribution in [3.63, 3.8) is 0 Å². The quantitative estimate of drug-likeness (QED) is 0.891. The molecule has 0 amide bonds. The molecule has 1 saturated heterocycles. The first kappa shape index (κ1) is 13.4. The van der Waals surface area contributed by atoms with Crippen LogP contribution >= 0.6 is 0 Å². The molecule has 0 aromatic heterocycles. The standard InChI is InChI=1S/C14H20F2N2/c1-3-14(2)10-18(5-4-17-14)9-11-6-12(15)8-13(16)7-11/h6-8,17H,3-5,9-10H2,1-2H3. The molecule has 1 atom stereocenters. The van der Waals surface area contributed by atoms with E-state index in [4.69, 9.17) is 0 Å². The molecule has 1 N–H and O–H groups in total. The van der Waals surface area contributed by atoms with Crippen molar-refractivity contribution >= 4 is 0 Å². The van der Waals surface area contributed by atoms with Crippen LogP contribution in [0.1, 0.15) is 25.8 Å². The van der Waals surface area contributed by atoms with Gasteiger partial charge in [0, 0.05) is 37.8 Å². The first-order valence-corrected chi connectivity index (χ1v) is 6.43. The summed E-state index contributed by atoms with van der Waals surface area (Å²) in [5.74, 6) is -1.00. The first-order valence-electron chi connectivity index (χ1n) is 6.43. The van der Waals surface area contributed by atoms with Gasteiger partial charge < -0.3 is 5.32 Å². The molecule has 0 bridgehead atoms. The average molecular weight is 254 g/mol. The normalized spacial score (nSPS) is 25.3. The molecule has 100 valence electrons. The molecular weight excluding hydrogens is 234 g/mol. The average Bonchev–Trinajstić information content (AvgIpc) is 2.27. The second kappa shape index (κ2) is 5.33. The van der Waals surface area contributed by atoms with E-state index in [1.807, 2.05) is 0 Å². The lowest BCUT2D eigenvalue weighted by molar-refractivity contribution is 0.133. The Bertz CT molecular complexity index is 402. The maximum atomic E-state index is 13.1. The molecular formula is C14H20F2N2. The Hall–Kier alpha value is -1.00. The van der Waals surface area contributed by atoms with E-state index in [1.54, 1.807) is 0 Å². The number of piperazine rings is 1. The summed E-state index contributed by atoms with van der Waals surface area (Å²) in [5, 5.41) is 3.49. The number of nitrogens with zero attached hydrogens (tertiary/aromatic N) is 1. The maximum Gasteiger partial charge on any atom is 0.126 e. The summed E-state index contributed by atoms with van der Waals surface area (Å²) in [7, 11) is 0. The molecule has 2 nitrogen and oxygen atoms in total. The molecule has 0 radical (unpaired) electrons. The highest BCUT2D eigenvalue weighted by Gasteiger charge is 2.28. The van der Waals surface area contributed by atoms with Crippen LogP contribution in [0.3, 0.4) is 0 Å². The van der Waals surface area contributed by atoms with E-state index in [1.165, 1.54) is 12.1 Å². The molecule has 1 unspecified atom stereocenters. The van der Waals surface area contributed by atoms with Crippen molar-refractivity contribution in [2.75, 3.05) is 19.6 Å². The van der Waals surface area contributed by atoms with E-state index in [2.05, 4.69) is 24.1 Å². The van der Waals surface area contributed by atoms with Crippen LogP contribution in [0.4, 0.5) is 8.78 Å². The number of halogens is 2. The number of rotatable bonds is 3. The fourth-order valence-electron chi connectivity index (χ4n) is 2.48. The maximum absolute atomic E-state index is 13.1. The second-order valence-corrected chi connectivity index (χ2v) is 5.33. The van der Waals surface area contributed by atoms with Crippen LogP contribution in [0.25, 0.3) is 0 Å². The van der Waals surface area contributed by atoms with Gasteiger partial charge in [-0.15, -0.1) is 0 Å². The van der Waals surface area contributed by atoms with Crippen molar-refractivity contribution in [3.8, 4) is 0 Å². The van der Waals surface area contributed by atoms with Crippen molar-refractivity contribution in [1.82, 2.24) is 10.2 Å². The predicted molar refractivity (Wildman–Crippen MR) is 68.3 cm³/mol. The van der Waals surface area contributed by atoms with Gasteiger partial charge in [0.15, 0.2) is 0 Å². The van der Waals surface area contributed by atoms with Crippen LogP contribution in [0, 0.1) is 11.6 Å². The molecule has 2 rings (SSSR count). The lowest BCUT2D eigenvalue weighted by Crippen LogP contribution is -2.58. The number of nitrogens with one attached hydrogen (secondary N) is 1. The Kier molecular flexibility index (Phi) is 3.97. The number of hydrogen-bond acceptors (Lipinski definition) is 2. The van der Waals surface area contributed by atoms with Gasteiger partial charge in [0.25, 0.3) is 0 Å². The highest BCUT2D eigenvalue weighted by molar-refractivity contribution is 5.18. The zero-order valence-electron chi connectivity index (χ0n) is 11.0. The molecule has 4 heteroatoms. The second-order valence-electron chi connectivity index (χ2n) is 5.33. The van der Waals surface area contributed by atoms with E-state index in [0.717, 1.165) is 32.1 Å². The van der Waals surface area contributed by atoms with Gasteiger partial charge in [-0.1, -0.05) is 6.92 Å². The largest absolute Gasteiger partial charge is 0.309 e.